The summed E-state index contributed by atoms with van der Waals surface area (Å²) in [5.74, 6) is 0.193. The number of hydrogen-bond donors (Lipinski definition) is 0. The van der Waals surface area contributed by atoms with Gasteiger partial charge in [-0.15, -0.1) is 0 Å². The van der Waals surface area contributed by atoms with E-state index in [9.17, 15) is 14.9 Å². The number of ether oxygens (including phenoxy) is 2. The van der Waals surface area contributed by atoms with Crippen molar-refractivity contribution in [2.24, 2.45) is 0 Å². The van der Waals surface area contributed by atoms with Crippen molar-refractivity contribution in [1.29, 1.82) is 0 Å². The van der Waals surface area contributed by atoms with Gasteiger partial charge in [0.2, 0.25) is 0 Å². The number of carbonyl (C=O) groups excluding carboxylic acids is 1. The Labute approximate surface area is 161 Å². The Morgan fingerprint density at radius 2 is 1.93 bits per heavy atom. The van der Waals surface area contributed by atoms with Crippen molar-refractivity contribution in [3.63, 3.8) is 0 Å². The summed E-state index contributed by atoms with van der Waals surface area (Å²) >= 11 is 0. The fourth-order valence-corrected chi connectivity index (χ4v) is 2.69. The molecule has 3 aromatic rings. The molecule has 2 heterocycles. The number of benzene rings is 1. The fraction of sp³-hybridized carbons (Fsp3) is 0.300. The summed E-state index contributed by atoms with van der Waals surface area (Å²) in [7, 11) is 0. The zero-order valence-corrected chi connectivity index (χ0v) is 15.7. The smallest absolute Gasteiger partial charge is 0.347 e. The van der Waals surface area contributed by atoms with Crippen LogP contribution in [0.15, 0.2) is 48.8 Å². The van der Waals surface area contributed by atoms with Gasteiger partial charge < -0.3 is 9.47 Å². The quantitative estimate of drug-likeness (QED) is 0.331. The Kier molecular flexibility index (Phi) is 5.88. The highest BCUT2D eigenvalue weighted by atomic mass is 16.6. The first-order chi connectivity index (χ1) is 13.5. The lowest BCUT2D eigenvalue weighted by molar-refractivity contribution is -0.385. The second-order valence-corrected chi connectivity index (χ2v) is 6.24. The normalized spacial score (nSPS) is 11.9. The van der Waals surface area contributed by atoms with Crippen LogP contribution < -0.4 is 4.74 Å². The Balaban J connectivity index is 1.75. The number of pyridine rings is 1. The van der Waals surface area contributed by atoms with Crippen LogP contribution in [-0.4, -0.2) is 33.0 Å². The lowest BCUT2D eigenvalue weighted by Gasteiger charge is -2.16. The van der Waals surface area contributed by atoms with Gasteiger partial charge >= 0.3 is 5.97 Å². The van der Waals surface area contributed by atoms with Gasteiger partial charge in [-0.05, 0) is 43.2 Å². The summed E-state index contributed by atoms with van der Waals surface area (Å²) in [5, 5.41) is 10.9. The summed E-state index contributed by atoms with van der Waals surface area (Å²) in [6.07, 6.45) is 3.79. The van der Waals surface area contributed by atoms with Crippen LogP contribution >= 0.6 is 0 Å². The number of fused-ring (bicyclic) bond motifs is 1. The molecular weight excluding hydrogens is 362 g/mol. The van der Waals surface area contributed by atoms with Gasteiger partial charge in [-0.25, -0.2) is 9.78 Å². The Morgan fingerprint density at radius 3 is 2.57 bits per heavy atom. The highest BCUT2D eigenvalue weighted by molar-refractivity contribution is 5.75. The molecule has 0 aliphatic rings. The molecule has 0 bridgehead atoms. The fourth-order valence-electron chi connectivity index (χ4n) is 2.69. The largest absolute Gasteiger partial charge is 0.479 e. The summed E-state index contributed by atoms with van der Waals surface area (Å²) in [6.45, 7) is 4.18. The molecule has 146 valence electrons. The van der Waals surface area contributed by atoms with E-state index in [1.54, 1.807) is 28.8 Å². The van der Waals surface area contributed by atoms with Crippen molar-refractivity contribution in [2.45, 2.75) is 32.8 Å². The molecule has 0 fully saturated rings. The number of carbonyl (C=O) groups is 1. The molecule has 0 radical (unpaired) electrons. The van der Waals surface area contributed by atoms with Crippen LogP contribution in [0.2, 0.25) is 0 Å². The summed E-state index contributed by atoms with van der Waals surface area (Å²) < 4.78 is 12.5. The van der Waals surface area contributed by atoms with Crippen LogP contribution in [0.5, 0.6) is 5.75 Å². The molecule has 8 nitrogen and oxygen atoms in total. The van der Waals surface area contributed by atoms with E-state index >= 15 is 0 Å². The average molecular weight is 383 g/mol. The SMILES string of the molecule is CCCOC(=O)C(CC)Oc1ccc(-c2cn3cc([N+](=O)[O-])ccc3n2)cc1. The maximum Gasteiger partial charge on any atom is 0.347 e. The van der Waals surface area contributed by atoms with Gasteiger partial charge in [-0.3, -0.25) is 14.5 Å². The standard InChI is InChI=1S/C20H21N3O5/c1-3-11-27-20(24)18(4-2)28-16-8-5-14(6-9-16)17-13-22-12-15(23(25)26)7-10-19(22)21-17/h5-10,12-13,18H,3-4,11H2,1-2H3. The van der Waals surface area contributed by atoms with E-state index in [0.29, 0.717) is 30.1 Å². The topological polar surface area (TPSA) is 96.0 Å². The number of imidazole rings is 1. The van der Waals surface area contributed by atoms with E-state index in [2.05, 4.69) is 4.98 Å². The molecule has 2 aromatic heterocycles. The van der Waals surface area contributed by atoms with Crippen molar-refractivity contribution in [3.05, 3.63) is 58.9 Å². The van der Waals surface area contributed by atoms with Crippen LogP contribution in [-0.2, 0) is 9.53 Å². The van der Waals surface area contributed by atoms with Gasteiger partial charge in [0.15, 0.2) is 6.10 Å². The first-order valence-electron chi connectivity index (χ1n) is 9.08. The molecule has 3 rings (SSSR count). The number of nitro groups is 1. The third kappa shape index (κ3) is 4.28. The van der Waals surface area contributed by atoms with Crippen LogP contribution in [0.3, 0.4) is 0 Å². The average Bonchev–Trinajstić information content (AvgIpc) is 3.13. The molecule has 0 saturated heterocycles. The number of aromatic nitrogens is 2. The maximum absolute atomic E-state index is 12.0. The molecule has 0 amide bonds. The number of hydrogen-bond acceptors (Lipinski definition) is 6. The van der Waals surface area contributed by atoms with Crippen molar-refractivity contribution >= 4 is 17.3 Å². The second kappa shape index (κ2) is 8.51. The molecule has 0 aliphatic heterocycles. The number of nitrogens with zero attached hydrogens (tertiary/aromatic N) is 3. The number of esters is 1. The van der Waals surface area contributed by atoms with E-state index < -0.39 is 11.0 Å². The van der Waals surface area contributed by atoms with Crippen molar-refractivity contribution in [3.8, 4) is 17.0 Å². The van der Waals surface area contributed by atoms with Crippen molar-refractivity contribution in [2.75, 3.05) is 6.61 Å². The molecule has 1 unspecified atom stereocenters. The summed E-state index contributed by atoms with van der Waals surface area (Å²) in [4.78, 5) is 26.9. The first-order valence-corrected chi connectivity index (χ1v) is 9.08. The lowest BCUT2D eigenvalue weighted by Crippen LogP contribution is -2.28. The van der Waals surface area contributed by atoms with E-state index in [1.807, 2.05) is 26.0 Å². The molecule has 0 aliphatic carbocycles. The minimum atomic E-state index is -0.645. The highest BCUT2D eigenvalue weighted by Crippen LogP contribution is 2.24. The highest BCUT2D eigenvalue weighted by Gasteiger charge is 2.20. The number of rotatable bonds is 8. The van der Waals surface area contributed by atoms with Gasteiger partial charge in [0.25, 0.3) is 5.69 Å². The van der Waals surface area contributed by atoms with Gasteiger partial charge in [-0.2, -0.15) is 0 Å². The monoisotopic (exact) mass is 383 g/mol. The molecule has 0 N–H and O–H groups in total. The van der Waals surface area contributed by atoms with E-state index in [1.165, 1.54) is 12.3 Å². The maximum atomic E-state index is 12.0. The Bertz CT molecular complexity index is 981. The second-order valence-electron chi connectivity index (χ2n) is 6.24. The van der Waals surface area contributed by atoms with Crippen LogP contribution in [0.4, 0.5) is 5.69 Å². The van der Waals surface area contributed by atoms with E-state index in [0.717, 1.165) is 12.0 Å². The molecular formula is C20H21N3O5. The van der Waals surface area contributed by atoms with Crippen LogP contribution in [0.25, 0.3) is 16.9 Å². The third-order valence-electron chi connectivity index (χ3n) is 4.16. The molecule has 1 aromatic carbocycles. The summed E-state index contributed by atoms with van der Waals surface area (Å²) in [5.41, 5.74) is 2.13. The Morgan fingerprint density at radius 1 is 1.18 bits per heavy atom. The predicted octanol–water partition coefficient (Wildman–Crippen LogP) is 4.02. The van der Waals surface area contributed by atoms with Gasteiger partial charge in [0.1, 0.15) is 11.4 Å². The third-order valence-corrected chi connectivity index (χ3v) is 4.16. The Hall–Kier alpha value is -3.42. The predicted molar refractivity (Wildman–Crippen MR) is 103 cm³/mol. The minimum Gasteiger partial charge on any atom is -0.479 e. The lowest BCUT2D eigenvalue weighted by atomic mass is 10.1. The van der Waals surface area contributed by atoms with Gasteiger partial charge in [0.05, 0.1) is 23.4 Å². The first kappa shape index (κ1) is 19.3. The van der Waals surface area contributed by atoms with Crippen LogP contribution in [0, 0.1) is 10.1 Å². The zero-order valence-electron chi connectivity index (χ0n) is 15.7. The molecule has 1 atom stereocenters. The minimum absolute atomic E-state index is 0.000708. The van der Waals surface area contributed by atoms with Gasteiger partial charge in [0, 0.05) is 17.8 Å². The van der Waals surface area contributed by atoms with E-state index in [-0.39, 0.29) is 11.7 Å². The van der Waals surface area contributed by atoms with Crippen molar-refractivity contribution in [1.82, 2.24) is 9.38 Å². The zero-order chi connectivity index (χ0) is 20.1. The molecule has 0 spiro atoms. The van der Waals surface area contributed by atoms with E-state index in [4.69, 9.17) is 9.47 Å². The molecule has 0 saturated carbocycles. The summed E-state index contributed by atoms with van der Waals surface area (Å²) in [6, 6.07) is 10.2. The van der Waals surface area contributed by atoms with Crippen LogP contribution in [0.1, 0.15) is 26.7 Å². The molecule has 8 heteroatoms. The van der Waals surface area contributed by atoms with Crippen molar-refractivity contribution < 1.29 is 19.2 Å². The van der Waals surface area contributed by atoms with Gasteiger partial charge in [-0.1, -0.05) is 13.8 Å². The molecule has 28 heavy (non-hydrogen) atoms.